The second-order valence-electron chi connectivity index (χ2n) is 4.92. The molecule has 0 radical (unpaired) electrons. The Morgan fingerprint density at radius 2 is 2.22 bits per heavy atom. The third-order valence-electron chi connectivity index (χ3n) is 3.73. The number of fused-ring (bicyclic) bond motifs is 1. The molecule has 1 aliphatic rings. The van der Waals surface area contributed by atoms with Gasteiger partial charge in [0.25, 0.3) is 5.91 Å². The van der Waals surface area contributed by atoms with Crippen molar-refractivity contribution in [3.05, 3.63) is 36.0 Å². The average Bonchev–Trinajstić information content (AvgIpc) is 2.98. The number of nitrogens with one attached hydrogen (secondary N) is 2. The summed E-state index contributed by atoms with van der Waals surface area (Å²) in [6.45, 7) is 0. The van der Waals surface area contributed by atoms with Gasteiger partial charge in [0.1, 0.15) is 0 Å². The maximum Gasteiger partial charge on any atom is 0.252 e. The van der Waals surface area contributed by atoms with Crippen molar-refractivity contribution in [3.8, 4) is 0 Å². The summed E-state index contributed by atoms with van der Waals surface area (Å²) >= 11 is 0. The Balaban J connectivity index is 1.85. The number of benzene rings is 1. The maximum absolute atomic E-state index is 12.3. The van der Waals surface area contributed by atoms with E-state index in [2.05, 4.69) is 10.3 Å². The summed E-state index contributed by atoms with van der Waals surface area (Å²) in [6, 6.07) is 7.85. The molecule has 4 N–H and O–H groups in total. The Morgan fingerprint density at radius 1 is 1.33 bits per heavy atom. The van der Waals surface area contributed by atoms with Crippen molar-refractivity contribution in [3.63, 3.8) is 0 Å². The Bertz CT molecular complexity index is 575. The molecule has 0 aliphatic heterocycles. The van der Waals surface area contributed by atoms with Crippen LogP contribution >= 0.6 is 0 Å². The fraction of sp³-hybridized carbons (Fsp3) is 0.357. The van der Waals surface area contributed by atoms with Crippen LogP contribution in [0.25, 0.3) is 10.9 Å². The van der Waals surface area contributed by atoms with Gasteiger partial charge in [0.2, 0.25) is 0 Å². The minimum atomic E-state index is -0.0254. The lowest BCUT2D eigenvalue weighted by Gasteiger charge is -2.17. The molecule has 1 aromatic carbocycles. The summed E-state index contributed by atoms with van der Waals surface area (Å²) in [5, 5.41) is 4.01. The predicted molar refractivity (Wildman–Crippen MR) is 71.4 cm³/mol. The largest absolute Gasteiger partial charge is 0.361 e. The molecule has 94 valence electrons. The summed E-state index contributed by atoms with van der Waals surface area (Å²) in [7, 11) is 0. The number of hydrogen-bond donors (Lipinski definition) is 3. The van der Waals surface area contributed by atoms with E-state index in [9.17, 15) is 4.79 Å². The van der Waals surface area contributed by atoms with E-state index in [1.54, 1.807) is 0 Å². The second-order valence-corrected chi connectivity index (χ2v) is 4.92. The summed E-state index contributed by atoms with van der Waals surface area (Å²) in [5.74, 6) is -0.0254. The van der Waals surface area contributed by atoms with E-state index < -0.39 is 0 Å². The van der Waals surface area contributed by atoms with Crippen molar-refractivity contribution >= 4 is 16.8 Å². The zero-order valence-corrected chi connectivity index (χ0v) is 10.1. The van der Waals surface area contributed by atoms with Crippen LogP contribution in [0.15, 0.2) is 30.5 Å². The molecular weight excluding hydrogens is 226 g/mol. The minimum Gasteiger partial charge on any atom is -0.361 e. The van der Waals surface area contributed by atoms with Gasteiger partial charge in [-0.1, -0.05) is 6.07 Å². The molecule has 18 heavy (non-hydrogen) atoms. The summed E-state index contributed by atoms with van der Waals surface area (Å²) < 4.78 is 0. The molecule has 3 rings (SSSR count). The topological polar surface area (TPSA) is 70.9 Å². The van der Waals surface area contributed by atoms with Crippen LogP contribution in [0.1, 0.15) is 29.6 Å². The summed E-state index contributed by atoms with van der Waals surface area (Å²) in [4.78, 5) is 15.4. The molecule has 1 heterocycles. The van der Waals surface area contributed by atoms with Crippen LogP contribution in [0.5, 0.6) is 0 Å². The van der Waals surface area contributed by atoms with Crippen LogP contribution in [-0.4, -0.2) is 23.0 Å². The van der Waals surface area contributed by atoms with Crippen LogP contribution in [0.2, 0.25) is 0 Å². The van der Waals surface area contributed by atoms with Crippen LogP contribution in [-0.2, 0) is 0 Å². The first-order valence-corrected chi connectivity index (χ1v) is 6.38. The van der Waals surface area contributed by atoms with Crippen molar-refractivity contribution < 1.29 is 4.79 Å². The highest BCUT2D eigenvalue weighted by atomic mass is 16.1. The molecule has 2 aromatic rings. The van der Waals surface area contributed by atoms with Gasteiger partial charge >= 0.3 is 0 Å². The van der Waals surface area contributed by atoms with Crippen molar-refractivity contribution in [1.29, 1.82) is 0 Å². The molecular formula is C14H17N3O. The third-order valence-corrected chi connectivity index (χ3v) is 3.73. The van der Waals surface area contributed by atoms with Crippen LogP contribution < -0.4 is 11.1 Å². The van der Waals surface area contributed by atoms with Crippen molar-refractivity contribution in [2.45, 2.75) is 31.3 Å². The van der Waals surface area contributed by atoms with Gasteiger partial charge in [-0.2, -0.15) is 0 Å². The van der Waals surface area contributed by atoms with Gasteiger partial charge in [0.05, 0.1) is 0 Å². The van der Waals surface area contributed by atoms with Crippen LogP contribution in [0, 0.1) is 0 Å². The van der Waals surface area contributed by atoms with Crippen molar-refractivity contribution in [1.82, 2.24) is 10.3 Å². The van der Waals surface area contributed by atoms with E-state index in [1.165, 1.54) is 0 Å². The molecule has 1 amide bonds. The SMILES string of the molecule is NC1CCCC1NC(=O)c1cccc2[nH]ccc12. The zero-order chi connectivity index (χ0) is 12.5. The predicted octanol–water partition coefficient (Wildman–Crippen LogP) is 1.78. The first kappa shape index (κ1) is 11.3. The number of carbonyl (C=O) groups excluding carboxylic acids is 1. The first-order chi connectivity index (χ1) is 8.75. The Morgan fingerprint density at radius 3 is 3.00 bits per heavy atom. The van der Waals surface area contributed by atoms with Crippen molar-refractivity contribution in [2.75, 3.05) is 0 Å². The molecule has 0 bridgehead atoms. The molecule has 2 atom stereocenters. The number of aromatic nitrogens is 1. The molecule has 4 nitrogen and oxygen atoms in total. The minimum absolute atomic E-state index is 0.0254. The van der Waals surface area contributed by atoms with Gasteiger partial charge in [-0.25, -0.2) is 0 Å². The van der Waals surface area contributed by atoms with Crippen molar-refractivity contribution in [2.24, 2.45) is 5.73 Å². The van der Waals surface area contributed by atoms with Crippen LogP contribution in [0.4, 0.5) is 0 Å². The molecule has 0 spiro atoms. The standard InChI is InChI=1S/C14H17N3O/c15-11-4-2-6-13(11)17-14(18)10-3-1-5-12-9(10)7-8-16-12/h1,3,5,7-8,11,13,16H,2,4,6,15H2,(H,17,18). The summed E-state index contributed by atoms with van der Waals surface area (Å²) in [5.41, 5.74) is 7.68. The lowest BCUT2D eigenvalue weighted by atomic mass is 10.1. The van der Waals surface area contributed by atoms with Crippen LogP contribution in [0.3, 0.4) is 0 Å². The van der Waals surface area contributed by atoms with Gasteiger partial charge in [0.15, 0.2) is 0 Å². The zero-order valence-electron chi connectivity index (χ0n) is 10.1. The third kappa shape index (κ3) is 1.88. The van der Waals surface area contributed by atoms with Gasteiger partial charge in [0, 0.05) is 34.7 Å². The quantitative estimate of drug-likeness (QED) is 0.752. The van der Waals surface area contributed by atoms with Gasteiger partial charge in [-0.3, -0.25) is 4.79 Å². The molecule has 0 saturated heterocycles. The lowest BCUT2D eigenvalue weighted by molar-refractivity contribution is 0.0936. The molecule has 1 fully saturated rings. The number of hydrogen-bond acceptors (Lipinski definition) is 2. The Kier molecular flexibility index (Phi) is 2.80. The number of nitrogens with two attached hydrogens (primary N) is 1. The highest BCUT2D eigenvalue weighted by molar-refractivity contribution is 6.06. The van der Waals surface area contributed by atoms with E-state index in [4.69, 9.17) is 5.73 Å². The van der Waals surface area contributed by atoms with E-state index in [1.807, 2.05) is 30.5 Å². The fourth-order valence-electron chi connectivity index (χ4n) is 2.70. The number of amides is 1. The number of carbonyl (C=O) groups is 1. The smallest absolute Gasteiger partial charge is 0.252 e. The number of H-pyrrole nitrogens is 1. The Hall–Kier alpha value is -1.81. The van der Waals surface area contributed by atoms with Gasteiger partial charge in [-0.05, 0) is 37.5 Å². The second kappa shape index (κ2) is 4.46. The molecule has 4 heteroatoms. The van der Waals surface area contributed by atoms with Gasteiger partial charge < -0.3 is 16.0 Å². The van der Waals surface area contributed by atoms with E-state index in [0.717, 1.165) is 30.2 Å². The fourth-order valence-corrected chi connectivity index (χ4v) is 2.70. The van der Waals surface area contributed by atoms with Gasteiger partial charge in [-0.15, -0.1) is 0 Å². The molecule has 2 unspecified atom stereocenters. The van der Waals surface area contributed by atoms with E-state index in [-0.39, 0.29) is 18.0 Å². The normalized spacial score (nSPS) is 23.4. The van der Waals surface area contributed by atoms with E-state index >= 15 is 0 Å². The Labute approximate surface area is 106 Å². The van der Waals surface area contributed by atoms with E-state index in [0.29, 0.717) is 5.56 Å². The molecule has 1 aliphatic carbocycles. The molecule has 1 saturated carbocycles. The monoisotopic (exact) mass is 243 g/mol. The summed E-state index contributed by atoms with van der Waals surface area (Å²) in [6.07, 6.45) is 4.93. The first-order valence-electron chi connectivity index (χ1n) is 6.38. The number of aromatic amines is 1. The number of rotatable bonds is 2. The maximum atomic E-state index is 12.3. The highest BCUT2D eigenvalue weighted by Gasteiger charge is 2.26. The average molecular weight is 243 g/mol. The lowest BCUT2D eigenvalue weighted by Crippen LogP contribution is -2.44. The molecule has 1 aromatic heterocycles. The highest BCUT2D eigenvalue weighted by Crippen LogP contribution is 2.20.